The van der Waals surface area contributed by atoms with E-state index < -0.39 is 18.0 Å². The molecule has 1 N–H and O–H groups in total. The van der Waals surface area contributed by atoms with Gasteiger partial charge >= 0.3 is 5.97 Å². The Hall–Kier alpha value is -2.74. The van der Waals surface area contributed by atoms with Crippen LogP contribution in [0.15, 0.2) is 23.0 Å². The molecule has 1 amide bonds. The number of rotatable bonds is 6. The molecule has 3 rings (SSSR count). The highest BCUT2D eigenvalue weighted by Crippen LogP contribution is 2.17. The molecule has 0 bridgehead atoms. The smallest absolute Gasteiger partial charge is 0.338 e. The quantitative estimate of drug-likeness (QED) is 0.601. The van der Waals surface area contributed by atoms with Gasteiger partial charge in [0, 0.05) is 26.6 Å². The Morgan fingerprint density at radius 1 is 1.38 bits per heavy atom. The van der Waals surface area contributed by atoms with Crippen LogP contribution in [0.4, 0.5) is 0 Å². The van der Waals surface area contributed by atoms with Crippen LogP contribution in [0.2, 0.25) is 0 Å². The molecular weight excluding hydrogens is 338 g/mol. The third-order valence-corrected chi connectivity index (χ3v) is 4.31. The number of ether oxygens (including phenoxy) is 2. The molecule has 0 saturated carbocycles. The fourth-order valence-corrected chi connectivity index (χ4v) is 2.91. The summed E-state index contributed by atoms with van der Waals surface area (Å²) in [4.78, 5) is 41.1. The standard InChI is InChI=1S/C18H21N3O5/c1-11(16(22)19-7-9-25-2)26-18(24)12-5-6-13-14(10-12)20-15-4-3-8-21(15)17(13)23/h5-6,10-11H,3-4,7-9H2,1-2H3,(H,19,22)/t11-/m1/s1. The van der Waals surface area contributed by atoms with E-state index in [2.05, 4.69) is 10.3 Å². The Kier molecular flexibility index (Phi) is 5.32. The van der Waals surface area contributed by atoms with Gasteiger partial charge in [-0.25, -0.2) is 9.78 Å². The van der Waals surface area contributed by atoms with Crippen molar-refractivity contribution in [2.75, 3.05) is 20.3 Å². The van der Waals surface area contributed by atoms with Crippen LogP contribution in [0.5, 0.6) is 0 Å². The molecule has 8 nitrogen and oxygen atoms in total. The number of benzene rings is 1. The maximum atomic E-state index is 12.4. The first kappa shape index (κ1) is 18.1. The van der Waals surface area contributed by atoms with Crippen molar-refractivity contribution in [3.63, 3.8) is 0 Å². The van der Waals surface area contributed by atoms with Crippen LogP contribution >= 0.6 is 0 Å². The molecule has 2 aromatic rings. The van der Waals surface area contributed by atoms with Crippen molar-refractivity contribution < 1.29 is 19.1 Å². The number of amides is 1. The molecule has 0 aliphatic carbocycles. The van der Waals surface area contributed by atoms with Crippen molar-refractivity contribution in [1.29, 1.82) is 0 Å². The lowest BCUT2D eigenvalue weighted by Gasteiger charge is -2.13. The molecule has 0 fully saturated rings. The minimum Gasteiger partial charge on any atom is -0.449 e. The van der Waals surface area contributed by atoms with Crippen LogP contribution in [0, 0.1) is 0 Å². The Labute approximate surface area is 150 Å². The Morgan fingerprint density at radius 2 is 2.19 bits per heavy atom. The topological polar surface area (TPSA) is 99.5 Å². The van der Waals surface area contributed by atoms with E-state index in [1.165, 1.54) is 26.2 Å². The van der Waals surface area contributed by atoms with Crippen molar-refractivity contribution in [2.24, 2.45) is 0 Å². The van der Waals surface area contributed by atoms with Gasteiger partial charge in [-0.05, 0) is 31.5 Å². The van der Waals surface area contributed by atoms with Gasteiger partial charge in [0.1, 0.15) is 5.82 Å². The molecule has 1 aliphatic rings. The second-order valence-electron chi connectivity index (χ2n) is 6.15. The van der Waals surface area contributed by atoms with Gasteiger partial charge in [0.15, 0.2) is 6.10 Å². The fourth-order valence-electron chi connectivity index (χ4n) is 2.91. The molecular formula is C18H21N3O5. The van der Waals surface area contributed by atoms with E-state index in [0.717, 1.165) is 18.7 Å². The fraction of sp³-hybridized carbons (Fsp3) is 0.444. The summed E-state index contributed by atoms with van der Waals surface area (Å²) in [6, 6.07) is 4.63. The number of methoxy groups -OCH3 is 1. The number of esters is 1. The van der Waals surface area contributed by atoms with Crippen molar-refractivity contribution in [3.8, 4) is 0 Å². The predicted octanol–water partition coefficient (Wildman–Crippen LogP) is 0.651. The highest BCUT2D eigenvalue weighted by Gasteiger charge is 2.20. The number of hydrogen-bond acceptors (Lipinski definition) is 6. The van der Waals surface area contributed by atoms with Crippen LogP contribution in [0.1, 0.15) is 29.5 Å². The summed E-state index contributed by atoms with van der Waals surface area (Å²) in [6.45, 7) is 2.89. The van der Waals surface area contributed by atoms with Gasteiger partial charge in [0.05, 0.1) is 23.1 Å². The summed E-state index contributed by atoms with van der Waals surface area (Å²) >= 11 is 0. The Balaban J connectivity index is 1.76. The molecule has 1 atom stereocenters. The highest BCUT2D eigenvalue weighted by atomic mass is 16.5. The van der Waals surface area contributed by atoms with Gasteiger partial charge in [-0.1, -0.05) is 0 Å². The third-order valence-electron chi connectivity index (χ3n) is 4.31. The van der Waals surface area contributed by atoms with E-state index in [0.29, 0.717) is 30.6 Å². The number of fused-ring (bicyclic) bond motifs is 2. The Morgan fingerprint density at radius 3 is 2.96 bits per heavy atom. The van der Waals surface area contributed by atoms with E-state index in [-0.39, 0.29) is 11.1 Å². The van der Waals surface area contributed by atoms with Gasteiger partial charge in [-0.2, -0.15) is 0 Å². The zero-order valence-electron chi connectivity index (χ0n) is 14.8. The number of carbonyl (C=O) groups is 2. The van der Waals surface area contributed by atoms with Crippen LogP contribution in [-0.2, 0) is 27.2 Å². The minimum atomic E-state index is -0.936. The van der Waals surface area contributed by atoms with Gasteiger partial charge in [-0.15, -0.1) is 0 Å². The van der Waals surface area contributed by atoms with E-state index in [1.807, 2.05) is 0 Å². The zero-order valence-corrected chi connectivity index (χ0v) is 14.8. The zero-order chi connectivity index (χ0) is 18.7. The summed E-state index contributed by atoms with van der Waals surface area (Å²) in [5.41, 5.74) is 0.631. The van der Waals surface area contributed by atoms with Crippen LogP contribution in [0.25, 0.3) is 10.9 Å². The second-order valence-corrected chi connectivity index (χ2v) is 6.15. The molecule has 0 saturated heterocycles. The van der Waals surface area contributed by atoms with Crippen molar-refractivity contribution in [3.05, 3.63) is 39.9 Å². The normalized spacial score (nSPS) is 14.1. The molecule has 2 heterocycles. The SMILES string of the molecule is COCCNC(=O)[C@@H](C)OC(=O)c1ccc2c(=O)n3c(nc2c1)CCC3. The Bertz CT molecular complexity index is 906. The molecule has 1 aromatic carbocycles. The predicted molar refractivity (Wildman–Crippen MR) is 94.1 cm³/mol. The number of nitrogens with zero attached hydrogens (tertiary/aromatic N) is 2. The average Bonchev–Trinajstić information content (AvgIpc) is 3.10. The second kappa shape index (κ2) is 7.65. The molecule has 1 aromatic heterocycles. The summed E-state index contributed by atoms with van der Waals surface area (Å²) in [5, 5.41) is 3.08. The van der Waals surface area contributed by atoms with Crippen molar-refractivity contribution in [1.82, 2.24) is 14.9 Å². The monoisotopic (exact) mass is 359 g/mol. The molecule has 8 heteroatoms. The van der Waals surface area contributed by atoms with Gasteiger partial charge in [0.25, 0.3) is 11.5 Å². The first-order chi connectivity index (χ1) is 12.5. The lowest BCUT2D eigenvalue weighted by atomic mass is 10.1. The van der Waals surface area contributed by atoms with Gasteiger partial charge in [-0.3, -0.25) is 14.2 Å². The van der Waals surface area contributed by atoms with Crippen molar-refractivity contribution in [2.45, 2.75) is 32.4 Å². The number of carbonyl (C=O) groups excluding carboxylic acids is 2. The molecule has 0 radical (unpaired) electrons. The number of aryl methyl sites for hydroxylation is 1. The third kappa shape index (κ3) is 3.60. The van der Waals surface area contributed by atoms with Gasteiger partial charge in [0.2, 0.25) is 0 Å². The van der Waals surface area contributed by atoms with E-state index >= 15 is 0 Å². The summed E-state index contributed by atoms with van der Waals surface area (Å²) in [6.07, 6.45) is 0.704. The number of nitrogens with one attached hydrogen (secondary N) is 1. The molecule has 1 aliphatic heterocycles. The highest BCUT2D eigenvalue weighted by molar-refractivity contribution is 5.95. The van der Waals surface area contributed by atoms with Crippen LogP contribution < -0.4 is 10.9 Å². The molecule has 0 unspecified atom stereocenters. The van der Waals surface area contributed by atoms with E-state index in [4.69, 9.17) is 9.47 Å². The lowest BCUT2D eigenvalue weighted by Crippen LogP contribution is -2.37. The maximum Gasteiger partial charge on any atom is 0.338 e. The van der Waals surface area contributed by atoms with Crippen LogP contribution in [-0.4, -0.2) is 47.8 Å². The summed E-state index contributed by atoms with van der Waals surface area (Å²) < 4.78 is 11.7. The average molecular weight is 359 g/mol. The largest absolute Gasteiger partial charge is 0.449 e. The van der Waals surface area contributed by atoms with E-state index in [9.17, 15) is 14.4 Å². The lowest BCUT2D eigenvalue weighted by molar-refractivity contribution is -0.129. The first-order valence-corrected chi connectivity index (χ1v) is 8.52. The first-order valence-electron chi connectivity index (χ1n) is 8.52. The van der Waals surface area contributed by atoms with Crippen LogP contribution in [0.3, 0.4) is 0 Å². The minimum absolute atomic E-state index is 0.0895. The van der Waals surface area contributed by atoms with Gasteiger partial charge < -0.3 is 14.8 Å². The number of aromatic nitrogens is 2. The van der Waals surface area contributed by atoms with Crippen molar-refractivity contribution >= 4 is 22.8 Å². The summed E-state index contributed by atoms with van der Waals surface area (Å²) in [5.74, 6) is -0.298. The maximum absolute atomic E-state index is 12.4. The summed E-state index contributed by atoms with van der Waals surface area (Å²) in [7, 11) is 1.53. The number of hydrogen-bond donors (Lipinski definition) is 1. The molecule has 138 valence electrons. The van der Waals surface area contributed by atoms with E-state index in [1.54, 1.807) is 10.6 Å². The molecule has 26 heavy (non-hydrogen) atoms. The molecule has 0 spiro atoms.